The van der Waals surface area contributed by atoms with Crippen molar-refractivity contribution in [3.8, 4) is 0 Å². The number of piperidine rings is 2. The third-order valence-electron chi connectivity index (χ3n) is 4.33. The molecule has 5 nitrogen and oxygen atoms in total. The number of sulfonamides is 1. The van der Waals surface area contributed by atoms with Crippen LogP contribution in [0.25, 0.3) is 0 Å². The Morgan fingerprint density at radius 1 is 1.11 bits per heavy atom. The minimum atomic E-state index is -3.04. The van der Waals surface area contributed by atoms with Gasteiger partial charge in [-0.1, -0.05) is 0 Å². The molecule has 0 saturated carbocycles. The van der Waals surface area contributed by atoms with Gasteiger partial charge in [0.05, 0.1) is 6.26 Å². The maximum Gasteiger partial charge on any atom is 0.211 e. The fourth-order valence-corrected chi connectivity index (χ4v) is 4.25. The lowest BCUT2D eigenvalue weighted by atomic mass is 9.95. The van der Waals surface area contributed by atoms with Crippen LogP contribution in [0.2, 0.25) is 0 Å². The van der Waals surface area contributed by atoms with Gasteiger partial charge >= 0.3 is 0 Å². The molecule has 6 heteroatoms. The molecule has 19 heavy (non-hydrogen) atoms. The molecule has 2 heterocycles. The van der Waals surface area contributed by atoms with Crippen molar-refractivity contribution in [1.82, 2.24) is 9.21 Å². The van der Waals surface area contributed by atoms with Gasteiger partial charge in [-0.2, -0.15) is 0 Å². The molecule has 0 radical (unpaired) electrons. The smallest absolute Gasteiger partial charge is 0.211 e. The molecular formula is C13H26N2O3S. The molecular weight excluding hydrogens is 264 g/mol. The van der Waals surface area contributed by atoms with E-state index in [4.69, 9.17) is 0 Å². The number of aliphatic hydroxyl groups is 1. The van der Waals surface area contributed by atoms with Crippen LogP contribution in [-0.2, 0) is 10.0 Å². The molecule has 0 aromatic heterocycles. The minimum absolute atomic E-state index is 0.274. The topological polar surface area (TPSA) is 60.9 Å². The molecule has 2 atom stereocenters. The fourth-order valence-electron chi connectivity index (χ4n) is 3.31. The highest BCUT2D eigenvalue weighted by atomic mass is 32.2. The van der Waals surface area contributed by atoms with Crippen molar-refractivity contribution in [2.75, 3.05) is 45.6 Å². The van der Waals surface area contributed by atoms with Crippen molar-refractivity contribution < 1.29 is 13.5 Å². The number of likely N-dealkylation sites (tertiary alicyclic amines) is 1. The molecule has 2 aliphatic rings. The van der Waals surface area contributed by atoms with Crippen LogP contribution in [0.5, 0.6) is 0 Å². The van der Waals surface area contributed by atoms with E-state index in [2.05, 4.69) is 4.90 Å². The summed E-state index contributed by atoms with van der Waals surface area (Å²) in [5, 5.41) is 9.25. The highest BCUT2D eigenvalue weighted by Crippen LogP contribution is 2.22. The van der Waals surface area contributed by atoms with E-state index >= 15 is 0 Å². The quantitative estimate of drug-likeness (QED) is 0.812. The third-order valence-corrected chi connectivity index (χ3v) is 5.60. The van der Waals surface area contributed by atoms with E-state index in [1.165, 1.54) is 6.26 Å². The summed E-state index contributed by atoms with van der Waals surface area (Å²) in [5.74, 6) is 0.851. The summed E-state index contributed by atoms with van der Waals surface area (Å²) in [6, 6.07) is 0. The van der Waals surface area contributed by atoms with E-state index in [-0.39, 0.29) is 6.61 Å². The summed E-state index contributed by atoms with van der Waals surface area (Å²) in [4.78, 5) is 2.40. The largest absolute Gasteiger partial charge is 0.396 e. The Kier molecular flexibility index (Phi) is 5.22. The number of hydrogen-bond acceptors (Lipinski definition) is 4. The predicted octanol–water partition coefficient (Wildman–Crippen LogP) is 0.362. The number of nitrogens with zero attached hydrogens (tertiary/aromatic N) is 2. The zero-order valence-corrected chi connectivity index (χ0v) is 12.6. The van der Waals surface area contributed by atoms with Gasteiger partial charge in [0.25, 0.3) is 0 Å². The summed E-state index contributed by atoms with van der Waals surface area (Å²) in [7, 11) is -3.04. The van der Waals surface area contributed by atoms with E-state index in [1.54, 1.807) is 4.31 Å². The second-order valence-corrected chi connectivity index (χ2v) is 8.06. The second-order valence-electron chi connectivity index (χ2n) is 6.08. The first-order chi connectivity index (χ1) is 8.99. The molecule has 2 saturated heterocycles. The average Bonchev–Trinajstić information content (AvgIpc) is 2.38. The van der Waals surface area contributed by atoms with Gasteiger partial charge in [0, 0.05) is 32.8 Å². The van der Waals surface area contributed by atoms with Gasteiger partial charge in [0.2, 0.25) is 10.0 Å². The lowest BCUT2D eigenvalue weighted by Gasteiger charge is -2.37. The molecule has 0 spiro atoms. The Balaban J connectivity index is 1.85. The number of hydrogen-bond donors (Lipinski definition) is 1. The monoisotopic (exact) mass is 290 g/mol. The average molecular weight is 290 g/mol. The molecule has 2 unspecified atom stereocenters. The fraction of sp³-hybridized carbons (Fsp3) is 1.00. The Bertz CT molecular complexity index is 385. The van der Waals surface area contributed by atoms with E-state index in [0.29, 0.717) is 24.9 Å². The highest BCUT2D eigenvalue weighted by molar-refractivity contribution is 7.88. The molecule has 0 amide bonds. The number of rotatable bonds is 4. The molecule has 112 valence electrons. The summed E-state index contributed by atoms with van der Waals surface area (Å²) < 4.78 is 24.8. The second kappa shape index (κ2) is 6.52. The van der Waals surface area contributed by atoms with Crippen molar-refractivity contribution in [2.45, 2.75) is 25.7 Å². The molecule has 0 aliphatic carbocycles. The highest BCUT2D eigenvalue weighted by Gasteiger charge is 2.28. The van der Waals surface area contributed by atoms with E-state index in [1.807, 2.05) is 0 Å². The Morgan fingerprint density at radius 2 is 1.79 bits per heavy atom. The van der Waals surface area contributed by atoms with Gasteiger partial charge in [-0.15, -0.1) is 0 Å². The number of aliphatic hydroxyl groups excluding tert-OH is 1. The van der Waals surface area contributed by atoms with Crippen molar-refractivity contribution >= 4 is 10.0 Å². The van der Waals surface area contributed by atoms with E-state index < -0.39 is 10.0 Å². The molecule has 1 N–H and O–H groups in total. The van der Waals surface area contributed by atoms with Crippen LogP contribution in [0.4, 0.5) is 0 Å². The summed E-state index contributed by atoms with van der Waals surface area (Å²) in [6.07, 6.45) is 5.65. The summed E-state index contributed by atoms with van der Waals surface area (Å²) >= 11 is 0. The SMILES string of the molecule is CS(=O)(=O)N1CCCC(CN2CCCC(CO)C2)C1. The van der Waals surface area contributed by atoms with Gasteiger partial charge in [-0.25, -0.2) is 12.7 Å². The van der Waals surface area contributed by atoms with Gasteiger partial charge in [0.1, 0.15) is 0 Å². The molecule has 2 fully saturated rings. The third kappa shape index (κ3) is 4.41. The van der Waals surface area contributed by atoms with Crippen LogP contribution >= 0.6 is 0 Å². The van der Waals surface area contributed by atoms with Crippen LogP contribution in [0.15, 0.2) is 0 Å². The first-order valence-corrected chi connectivity index (χ1v) is 9.12. The predicted molar refractivity (Wildman–Crippen MR) is 75.4 cm³/mol. The van der Waals surface area contributed by atoms with Gasteiger partial charge in [-0.05, 0) is 44.1 Å². The van der Waals surface area contributed by atoms with Gasteiger partial charge in [-0.3, -0.25) is 0 Å². The van der Waals surface area contributed by atoms with Crippen molar-refractivity contribution in [1.29, 1.82) is 0 Å². The Morgan fingerprint density at radius 3 is 2.47 bits per heavy atom. The molecule has 2 rings (SSSR count). The lowest BCUT2D eigenvalue weighted by molar-refractivity contribution is 0.0966. The molecule has 0 bridgehead atoms. The Hall–Kier alpha value is -0.170. The molecule has 0 aromatic carbocycles. The van der Waals surface area contributed by atoms with Crippen molar-refractivity contribution in [3.63, 3.8) is 0 Å². The molecule has 2 aliphatic heterocycles. The summed E-state index contributed by atoms with van der Waals surface area (Å²) in [5.41, 5.74) is 0. The van der Waals surface area contributed by atoms with E-state index in [0.717, 1.165) is 45.3 Å². The molecule has 0 aromatic rings. The van der Waals surface area contributed by atoms with Crippen LogP contribution in [0, 0.1) is 11.8 Å². The Labute approximate surface area is 116 Å². The van der Waals surface area contributed by atoms with Gasteiger partial charge < -0.3 is 10.0 Å². The van der Waals surface area contributed by atoms with Gasteiger partial charge in [0.15, 0.2) is 0 Å². The maximum absolute atomic E-state index is 11.6. The first kappa shape index (κ1) is 15.2. The zero-order chi connectivity index (χ0) is 13.9. The first-order valence-electron chi connectivity index (χ1n) is 7.27. The van der Waals surface area contributed by atoms with Crippen LogP contribution in [0.3, 0.4) is 0 Å². The van der Waals surface area contributed by atoms with Crippen LogP contribution in [0.1, 0.15) is 25.7 Å². The maximum atomic E-state index is 11.6. The summed E-state index contributed by atoms with van der Waals surface area (Å²) in [6.45, 7) is 4.64. The standard InChI is InChI=1S/C13H26N2O3S/c1-19(17,18)15-7-3-4-12(10-15)8-14-6-2-5-13(9-14)11-16/h12-13,16H,2-11H2,1H3. The van der Waals surface area contributed by atoms with Crippen LogP contribution in [-0.4, -0.2) is 68.3 Å². The zero-order valence-electron chi connectivity index (χ0n) is 11.8. The minimum Gasteiger partial charge on any atom is -0.396 e. The van der Waals surface area contributed by atoms with Crippen molar-refractivity contribution in [2.24, 2.45) is 11.8 Å². The van der Waals surface area contributed by atoms with Crippen LogP contribution < -0.4 is 0 Å². The normalized spacial score (nSPS) is 31.5. The van der Waals surface area contributed by atoms with E-state index in [9.17, 15) is 13.5 Å². The lowest BCUT2D eigenvalue weighted by Crippen LogP contribution is -2.45. The van der Waals surface area contributed by atoms with Crippen molar-refractivity contribution in [3.05, 3.63) is 0 Å².